The van der Waals surface area contributed by atoms with Crippen LogP contribution in [0.1, 0.15) is 6.42 Å². The van der Waals surface area contributed by atoms with Crippen molar-refractivity contribution in [2.24, 2.45) is 5.73 Å². The summed E-state index contributed by atoms with van der Waals surface area (Å²) in [4.78, 5) is 10.3. The molecule has 1 saturated heterocycles. The number of halogens is 1. The molecule has 5 nitrogen and oxygen atoms in total. The Balaban J connectivity index is 1.94. The number of aromatic nitrogens is 2. The van der Waals surface area contributed by atoms with Crippen molar-refractivity contribution in [2.45, 2.75) is 12.5 Å². The first kappa shape index (κ1) is 15.0. The third-order valence-electron chi connectivity index (χ3n) is 4.46. The second-order valence-electron chi connectivity index (χ2n) is 6.18. The molecule has 4 N–H and O–H groups in total. The van der Waals surface area contributed by atoms with Crippen molar-refractivity contribution in [3.63, 3.8) is 0 Å². The monoisotopic (exact) mass is 325 g/mol. The van der Waals surface area contributed by atoms with Gasteiger partial charge in [-0.1, -0.05) is 12.1 Å². The van der Waals surface area contributed by atoms with E-state index in [0.29, 0.717) is 22.3 Å². The highest BCUT2D eigenvalue weighted by molar-refractivity contribution is 5.88. The van der Waals surface area contributed by atoms with Gasteiger partial charge in [0.15, 0.2) is 5.82 Å². The van der Waals surface area contributed by atoms with E-state index in [2.05, 4.69) is 9.97 Å². The van der Waals surface area contributed by atoms with Crippen LogP contribution in [0.4, 0.5) is 10.2 Å². The first-order valence-corrected chi connectivity index (χ1v) is 7.98. The number of quaternary nitrogens is 1. The van der Waals surface area contributed by atoms with E-state index in [4.69, 9.17) is 5.73 Å². The zero-order chi connectivity index (χ0) is 16.7. The summed E-state index contributed by atoms with van der Waals surface area (Å²) >= 11 is 0. The van der Waals surface area contributed by atoms with Crippen molar-refractivity contribution in [1.82, 2.24) is 9.97 Å². The fourth-order valence-electron chi connectivity index (χ4n) is 3.25. The number of hydrogen-bond donors (Lipinski definition) is 3. The zero-order valence-corrected chi connectivity index (χ0v) is 13.0. The number of nitrogens with one attached hydrogen (secondary N) is 1. The van der Waals surface area contributed by atoms with Crippen LogP contribution in [-0.2, 0) is 0 Å². The minimum Gasteiger partial charge on any atom is -0.507 e. The first-order chi connectivity index (χ1) is 11.6. The van der Waals surface area contributed by atoms with E-state index in [0.717, 1.165) is 30.2 Å². The van der Waals surface area contributed by atoms with Crippen LogP contribution in [-0.4, -0.2) is 34.2 Å². The largest absolute Gasteiger partial charge is 0.507 e. The number of fused-ring (bicyclic) bond motifs is 1. The summed E-state index contributed by atoms with van der Waals surface area (Å²) in [6.07, 6.45) is 0.905. The van der Waals surface area contributed by atoms with Gasteiger partial charge in [0.05, 0.1) is 35.6 Å². The fourth-order valence-corrected chi connectivity index (χ4v) is 3.25. The van der Waals surface area contributed by atoms with Crippen LogP contribution < -0.4 is 10.6 Å². The lowest BCUT2D eigenvalue weighted by Crippen LogP contribution is -3.06. The van der Waals surface area contributed by atoms with Gasteiger partial charge >= 0.3 is 0 Å². The maximum atomic E-state index is 13.7. The van der Waals surface area contributed by atoms with Crippen molar-refractivity contribution >= 4 is 16.7 Å². The van der Waals surface area contributed by atoms with E-state index in [9.17, 15) is 9.50 Å². The van der Waals surface area contributed by atoms with Crippen molar-refractivity contribution in [3.8, 4) is 17.1 Å². The normalized spacial score (nSPS) is 20.6. The average Bonchev–Trinajstić information content (AvgIpc) is 3.01. The summed E-state index contributed by atoms with van der Waals surface area (Å²) in [5.74, 6) is 0.990. The Morgan fingerprint density at radius 2 is 2.00 bits per heavy atom. The van der Waals surface area contributed by atoms with Gasteiger partial charge in [-0.15, -0.1) is 0 Å². The number of phenolic OH excluding ortho intramolecular Hbond substituents is 1. The van der Waals surface area contributed by atoms with E-state index in [1.807, 2.05) is 6.07 Å². The molecule has 122 valence electrons. The topological polar surface area (TPSA) is 76.5 Å². The van der Waals surface area contributed by atoms with Crippen molar-refractivity contribution in [3.05, 3.63) is 48.3 Å². The fraction of sp³-hybridized carbons (Fsp3) is 0.222. The predicted molar refractivity (Wildman–Crippen MR) is 89.5 cm³/mol. The SMILES string of the molecule is NC1CC[NH+](c2nc(-c3ccccc3O)nc3ccc(F)cc23)C1. The number of phenols is 1. The summed E-state index contributed by atoms with van der Waals surface area (Å²) in [6.45, 7) is 1.60. The summed E-state index contributed by atoms with van der Waals surface area (Å²) in [5, 5.41) is 10.8. The molecular formula is C18H18FN4O+. The van der Waals surface area contributed by atoms with Crippen molar-refractivity contribution in [2.75, 3.05) is 13.1 Å². The van der Waals surface area contributed by atoms with Gasteiger partial charge in [-0.3, -0.25) is 4.90 Å². The van der Waals surface area contributed by atoms with Gasteiger partial charge in [0.2, 0.25) is 5.82 Å². The van der Waals surface area contributed by atoms with Crippen LogP contribution in [0, 0.1) is 5.82 Å². The number of rotatable bonds is 2. The van der Waals surface area contributed by atoms with Crippen LogP contribution in [0.2, 0.25) is 0 Å². The molecule has 4 rings (SSSR count). The maximum absolute atomic E-state index is 13.7. The van der Waals surface area contributed by atoms with E-state index >= 15 is 0 Å². The minimum atomic E-state index is -0.314. The Kier molecular flexibility index (Phi) is 3.63. The lowest BCUT2D eigenvalue weighted by atomic mass is 10.1. The quantitative estimate of drug-likeness (QED) is 0.665. The molecule has 6 heteroatoms. The number of para-hydroxylation sites is 1. The number of nitrogens with two attached hydrogens (primary N) is 1. The van der Waals surface area contributed by atoms with Gasteiger partial charge in [-0.05, 0) is 30.3 Å². The highest BCUT2D eigenvalue weighted by atomic mass is 19.1. The number of aromatic hydroxyl groups is 1. The molecule has 1 aliphatic rings. The molecule has 3 aromatic rings. The molecule has 2 aromatic carbocycles. The van der Waals surface area contributed by atoms with Crippen LogP contribution >= 0.6 is 0 Å². The average molecular weight is 325 g/mol. The smallest absolute Gasteiger partial charge is 0.237 e. The summed E-state index contributed by atoms with van der Waals surface area (Å²) in [6, 6.07) is 11.6. The molecule has 0 saturated carbocycles. The second kappa shape index (κ2) is 5.81. The molecule has 0 radical (unpaired) electrons. The summed E-state index contributed by atoms with van der Waals surface area (Å²) < 4.78 is 13.7. The molecule has 2 heterocycles. The summed E-state index contributed by atoms with van der Waals surface area (Å²) in [5.41, 5.74) is 7.25. The molecule has 24 heavy (non-hydrogen) atoms. The van der Waals surface area contributed by atoms with Gasteiger partial charge in [0.25, 0.3) is 0 Å². The molecule has 2 atom stereocenters. The summed E-state index contributed by atoms with van der Waals surface area (Å²) in [7, 11) is 0. The molecular weight excluding hydrogens is 307 g/mol. The van der Waals surface area contributed by atoms with Gasteiger partial charge in [-0.2, -0.15) is 4.98 Å². The van der Waals surface area contributed by atoms with Crippen LogP contribution in [0.5, 0.6) is 5.75 Å². The third-order valence-corrected chi connectivity index (χ3v) is 4.46. The molecule has 0 spiro atoms. The molecule has 0 amide bonds. The predicted octanol–water partition coefficient (Wildman–Crippen LogP) is 1.39. The molecule has 2 unspecified atom stereocenters. The lowest BCUT2D eigenvalue weighted by Gasteiger charge is -2.15. The van der Waals surface area contributed by atoms with Gasteiger partial charge in [0, 0.05) is 6.42 Å². The van der Waals surface area contributed by atoms with Gasteiger partial charge in [-0.25, -0.2) is 9.37 Å². The Morgan fingerprint density at radius 3 is 2.75 bits per heavy atom. The third kappa shape index (κ3) is 2.60. The van der Waals surface area contributed by atoms with Crippen LogP contribution in [0.15, 0.2) is 42.5 Å². The second-order valence-corrected chi connectivity index (χ2v) is 6.18. The van der Waals surface area contributed by atoms with Crippen LogP contribution in [0.3, 0.4) is 0 Å². The Morgan fingerprint density at radius 1 is 1.17 bits per heavy atom. The maximum Gasteiger partial charge on any atom is 0.237 e. The molecule has 1 aromatic heterocycles. The number of hydrogen-bond acceptors (Lipinski definition) is 4. The highest BCUT2D eigenvalue weighted by Crippen LogP contribution is 2.29. The molecule has 1 fully saturated rings. The van der Waals surface area contributed by atoms with E-state index < -0.39 is 0 Å². The van der Waals surface area contributed by atoms with E-state index in [-0.39, 0.29) is 17.6 Å². The Hall–Kier alpha value is -2.57. The van der Waals surface area contributed by atoms with Crippen LogP contribution in [0.25, 0.3) is 22.3 Å². The molecule has 0 aliphatic carbocycles. The zero-order valence-electron chi connectivity index (χ0n) is 13.0. The first-order valence-electron chi connectivity index (χ1n) is 7.98. The standard InChI is InChI=1S/C18H17FN4O/c19-11-5-6-15-14(9-11)18(23-8-7-12(20)10-23)22-17(21-15)13-3-1-2-4-16(13)24/h1-6,9,12,24H,7-8,10,20H2/p+1. The number of benzene rings is 2. The minimum absolute atomic E-state index is 0.118. The van der Waals surface area contributed by atoms with Gasteiger partial charge in [0.1, 0.15) is 11.6 Å². The molecule has 1 aliphatic heterocycles. The van der Waals surface area contributed by atoms with Gasteiger partial charge < -0.3 is 10.8 Å². The van der Waals surface area contributed by atoms with Crippen molar-refractivity contribution in [1.29, 1.82) is 0 Å². The molecule has 0 bridgehead atoms. The van der Waals surface area contributed by atoms with E-state index in [1.165, 1.54) is 12.1 Å². The van der Waals surface area contributed by atoms with Crippen molar-refractivity contribution < 1.29 is 14.4 Å². The lowest BCUT2D eigenvalue weighted by molar-refractivity contribution is -0.820. The number of nitrogens with zero attached hydrogens (tertiary/aromatic N) is 2. The Labute approximate surface area is 138 Å². The van der Waals surface area contributed by atoms with E-state index in [1.54, 1.807) is 24.3 Å². The highest BCUT2D eigenvalue weighted by Gasteiger charge is 2.28. The Bertz CT molecular complexity index is 915.